The Balaban J connectivity index is 0.000000137. The summed E-state index contributed by atoms with van der Waals surface area (Å²) >= 11 is 10.4. The molecule has 2 unspecified atom stereocenters. The Morgan fingerprint density at radius 2 is 0.685 bits per heavy atom. The van der Waals surface area contributed by atoms with Crippen LogP contribution in [-0.2, 0) is 11.8 Å². The van der Waals surface area contributed by atoms with Gasteiger partial charge in [-0.15, -0.1) is 0 Å². The zero-order chi connectivity index (χ0) is 73.5. The molecular weight excluding hydrogens is 1470 g/mol. The second-order valence-corrected chi connectivity index (χ2v) is 39.1. The normalized spacial score (nSPS) is 13.1. The fourth-order valence-corrected chi connectivity index (χ4v) is 26.5. The molecule has 0 saturated carbocycles. The number of imidazole rings is 2. The van der Waals surface area contributed by atoms with Crippen molar-refractivity contribution in [3.63, 3.8) is 0 Å². The topological polar surface area (TPSA) is 65.3 Å². The van der Waals surface area contributed by atoms with Crippen molar-refractivity contribution in [3.05, 3.63) is 383 Å². The molecule has 2 atom stereocenters. The third kappa shape index (κ3) is 10.4. The molecule has 0 radical (unpaired) electrons. The Kier molecular flexibility index (Phi) is 15.3. The van der Waals surface area contributed by atoms with Crippen LogP contribution in [0.25, 0.3) is 175 Å². The molecule has 520 valence electrons. The number of nitrogens with zero attached hydrogens (tertiary/aromatic N) is 7. The zero-order valence-corrected chi connectivity index (χ0v) is 64.0. The molecular formula is C100H63N7P2SSe. The van der Waals surface area contributed by atoms with Gasteiger partial charge < -0.3 is 0 Å². The first kappa shape index (κ1) is 65.3. The maximum atomic E-state index is 6.59. The molecule has 23 aromatic rings. The second-order valence-electron chi connectivity index (χ2n) is 28.7. The Morgan fingerprint density at radius 3 is 1.34 bits per heavy atom. The number of hydrogen-bond donors (Lipinski definition) is 0. The molecule has 11 heteroatoms. The Hall–Kier alpha value is -12.8. The summed E-state index contributed by atoms with van der Waals surface area (Å²) in [4.78, 5) is 19.9. The van der Waals surface area contributed by atoms with Gasteiger partial charge in [-0.05, 0) is 125 Å². The Morgan fingerprint density at radius 1 is 0.261 bits per heavy atom. The summed E-state index contributed by atoms with van der Waals surface area (Å²) in [6.45, 7) is 0. The van der Waals surface area contributed by atoms with Crippen molar-refractivity contribution < 1.29 is 0 Å². The zero-order valence-electron chi connectivity index (χ0n) is 59.7. The number of fused-ring (bicyclic) bond motifs is 25. The molecule has 111 heavy (non-hydrogen) atoms. The van der Waals surface area contributed by atoms with Gasteiger partial charge in [0, 0.05) is 56.9 Å². The molecule has 0 fully saturated rings. The minimum atomic E-state index is -2.34. The summed E-state index contributed by atoms with van der Waals surface area (Å²) in [7, 11) is 0. The SMILES string of the molecule is S=P(c1ccccc1)(c1ccncc1)c1cnc2cc(-c3ccc4nc5c6c7ccccc7ccc6c6cc7ccccc7cc6n5c4c3)ccc2c1.[Se]=P(c1ccccc1)(c1ccc(-c2ccc(-c3ccc4c5ccc6ccccc6c5c5nc6ccccc6n5c4c3)cc2)cc1)n1c2ccccc2c2ccccc21. The predicted octanol–water partition coefficient (Wildman–Crippen LogP) is 23.4. The molecule has 0 aliphatic heterocycles. The van der Waals surface area contributed by atoms with Crippen molar-refractivity contribution in [1.82, 2.24) is 33.1 Å². The summed E-state index contributed by atoms with van der Waals surface area (Å²) in [6.07, 6.45) is 5.65. The Labute approximate surface area is 650 Å². The van der Waals surface area contributed by atoms with Gasteiger partial charge in [-0.25, -0.2) is 9.97 Å². The van der Waals surface area contributed by atoms with Gasteiger partial charge in [0.05, 0.1) is 33.1 Å². The number of hydrogen-bond acceptors (Lipinski definition) is 5. The molecule has 0 amide bonds. The van der Waals surface area contributed by atoms with E-state index in [4.69, 9.17) is 26.8 Å². The molecule has 0 N–H and O–H groups in total. The first-order valence-corrected chi connectivity index (χ1v) is 44.1. The van der Waals surface area contributed by atoms with Crippen molar-refractivity contribution in [2.75, 3.05) is 0 Å². The van der Waals surface area contributed by atoms with E-state index in [1.54, 1.807) is 0 Å². The average molecular weight is 1540 g/mol. The summed E-state index contributed by atoms with van der Waals surface area (Å²) in [5, 5.41) is 24.1. The van der Waals surface area contributed by atoms with E-state index in [0.717, 1.165) is 82.3 Å². The Bertz CT molecular complexity index is 7800. The van der Waals surface area contributed by atoms with Crippen LogP contribution in [0, 0.1) is 0 Å². The second kappa shape index (κ2) is 25.9. The van der Waals surface area contributed by atoms with E-state index in [-0.39, 0.29) is 0 Å². The molecule has 0 aliphatic carbocycles. The van der Waals surface area contributed by atoms with Gasteiger partial charge in [0.2, 0.25) is 0 Å². The van der Waals surface area contributed by atoms with Crippen molar-refractivity contribution in [2.45, 2.75) is 0 Å². The quantitative estimate of drug-likeness (QED) is 0.0624. The molecule has 7 heterocycles. The van der Waals surface area contributed by atoms with Gasteiger partial charge in [0.25, 0.3) is 0 Å². The molecule has 7 aromatic heterocycles. The first-order valence-electron chi connectivity index (χ1n) is 37.3. The molecule has 0 spiro atoms. The molecule has 0 saturated heterocycles. The summed E-state index contributed by atoms with van der Waals surface area (Å²) in [5.74, 6) is 0. The number of pyridine rings is 4. The summed E-state index contributed by atoms with van der Waals surface area (Å²) in [5.41, 5.74) is 16.6. The molecule has 16 aromatic carbocycles. The number of para-hydroxylation sites is 4. The van der Waals surface area contributed by atoms with Crippen LogP contribution in [0.2, 0.25) is 0 Å². The van der Waals surface area contributed by atoms with Crippen LogP contribution in [0.1, 0.15) is 0 Å². The van der Waals surface area contributed by atoms with E-state index in [9.17, 15) is 0 Å². The van der Waals surface area contributed by atoms with E-state index in [2.05, 4.69) is 379 Å². The van der Waals surface area contributed by atoms with Gasteiger partial charge in [-0.3, -0.25) is 18.8 Å². The molecule has 7 nitrogen and oxygen atoms in total. The van der Waals surface area contributed by atoms with Gasteiger partial charge in [0.15, 0.2) is 0 Å². The number of benzene rings is 16. The van der Waals surface area contributed by atoms with Gasteiger partial charge in [-0.2, -0.15) is 0 Å². The third-order valence-electron chi connectivity index (χ3n) is 22.7. The van der Waals surface area contributed by atoms with Crippen molar-refractivity contribution in [1.29, 1.82) is 0 Å². The monoisotopic (exact) mass is 1540 g/mol. The summed E-state index contributed by atoms with van der Waals surface area (Å²) < 4.78 is 7.32. The van der Waals surface area contributed by atoms with Crippen LogP contribution < -0.4 is 26.5 Å². The maximum absolute atomic E-state index is 6.59. The van der Waals surface area contributed by atoms with Crippen LogP contribution >= 0.6 is 11.7 Å². The average Bonchev–Trinajstić information content (AvgIpc) is 1.62. The van der Waals surface area contributed by atoms with E-state index in [1.807, 2.05) is 36.8 Å². The predicted molar refractivity (Wildman–Crippen MR) is 477 cm³/mol. The van der Waals surface area contributed by atoms with E-state index in [0.29, 0.717) is 0 Å². The fraction of sp³-hybridized carbons (Fsp3) is 0. The van der Waals surface area contributed by atoms with E-state index >= 15 is 0 Å². The first-order chi connectivity index (χ1) is 54.8. The molecule has 0 bridgehead atoms. The van der Waals surface area contributed by atoms with Crippen LogP contribution in [0.3, 0.4) is 0 Å². The van der Waals surface area contributed by atoms with Crippen molar-refractivity contribution in [2.24, 2.45) is 0 Å². The summed E-state index contributed by atoms with van der Waals surface area (Å²) in [6, 6.07) is 129. The van der Waals surface area contributed by atoms with E-state index < -0.39 is 11.7 Å². The number of rotatable bonds is 9. The van der Waals surface area contributed by atoms with Crippen molar-refractivity contribution in [3.8, 4) is 33.4 Å². The van der Waals surface area contributed by atoms with Crippen LogP contribution in [0.15, 0.2) is 383 Å². The standard InChI is InChI=1S/C53H34N3PSe.C47H29N4PS/c58-57(40-13-2-1-3-14-40,56-48-19-9-6-16-43(48)44-17-7-10-20-49(44)56)41-30-26-36(27-31-41)35-22-24-37(25-23-35)39-29-32-45-46-33-28-38-12-4-5-15-42(38)52(46)53-54-47-18-8-11-21-50(47)55(53)51(45)34-39;53-52(36-11-2-1-3-12-36,37-20-22-48-23-21-37)38-24-35-15-14-33(26-43(35)49-29-38)34-17-19-42-45(28-34)51-44-27-32-10-5-4-9-31(32)25-41(44)40-18-16-30-8-6-7-13-39(30)46(40)47(51)50-42/h1-34H;1-29H. The number of aromatic nitrogens is 7. The minimum absolute atomic E-state index is 0.934. The van der Waals surface area contributed by atoms with Gasteiger partial charge >= 0.3 is 231 Å². The van der Waals surface area contributed by atoms with Gasteiger partial charge in [0.1, 0.15) is 11.3 Å². The molecule has 0 aliphatic rings. The molecule has 23 rings (SSSR count). The van der Waals surface area contributed by atoms with Crippen LogP contribution in [0.5, 0.6) is 0 Å². The fourth-order valence-electron chi connectivity index (χ4n) is 17.4. The van der Waals surface area contributed by atoms with Crippen LogP contribution in [-0.4, -0.2) is 48.2 Å². The van der Waals surface area contributed by atoms with Crippen LogP contribution in [0.4, 0.5) is 0 Å². The van der Waals surface area contributed by atoms with Gasteiger partial charge in [-0.1, -0.05) is 170 Å². The third-order valence-corrected chi connectivity index (χ3v) is 34.3. The van der Waals surface area contributed by atoms with Crippen molar-refractivity contribution >= 4 is 207 Å². The van der Waals surface area contributed by atoms with E-state index in [1.165, 1.54) is 119 Å².